The number of nitrogens with one attached hydrogen (secondary N) is 1. The molecule has 0 fully saturated rings. The van der Waals surface area contributed by atoms with Gasteiger partial charge in [-0.15, -0.1) is 0 Å². The summed E-state index contributed by atoms with van der Waals surface area (Å²) in [7, 11) is 1.54. The number of amides is 1. The van der Waals surface area contributed by atoms with E-state index in [2.05, 4.69) is 15.5 Å². The molecular formula is C18H18FN5O3. The smallest absolute Gasteiger partial charge is 0.339 e. The molecule has 8 nitrogen and oxygen atoms in total. The monoisotopic (exact) mass is 371 g/mol. The van der Waals surface area contributed by atoms with Gasteiger partial charge in [0.25, 0.3) is 5.91 Å². The molecule has 27 heavy (non-hydrogen) atoms. The van der Waals surface area contributed by atoms with Crippen molar-refractivity contribution in [3.8, 4) is 0 Å². The Labute approximate surface area is 154 Å². The minimum Gasteiger partial charge on any atom is -0.478 e. The number of hydrogen-bond donors (Lipinski definition) is 2. The van der Waals surface area contributed by atoms with Crippen LogP contribution in [0.1, 0.15) is 37.8 Å². The van der Waals surface area contributed by atoms with Crippen molar-refractivity contribution in [3.63, 3.8) is 0 Å². The lowest BCUT2D eigenvalue weighted by Gasteiger charge is -2.07. The number of halogens is 1. The van der Waals surface area contributed by atoms with E-state index in [1.807, 2.05) is 0 Å². The minimum absolute atomic E-state index is 0.179. The SMILES string of the molecule is Cc1nn(Cc2cccc(F)c2)c(C)c1NC(=O)c1nn(C)cc1C(=O)O. The van der Waals surface area contributed by atoms with E-state index in [4.69, 9.17) is 0 Å². The summed E-state index contributed by atoms with van der Waals surface area (Å²) in [6, 6.07) is 6.18. The second kappa shape index (κ2) is 7.02. The Morgan fingerprint density at radius 2 is 2.00 bits per heavy atom. The predicted octanol–water partition coefficient (Wildman–Crippen LogP) is 2.37. The third-order valence-corrected chi connectivity index (χ3v) is 4.12. The molecule has 0 unspecified atom stereocenters. The van der Waals surface area contributed by atoms with Gasteiger partial charge in [0.05, 0.1) is 23.6 Å². The lowest BCUT2D eigenvalue weighted by Crippen LogP contribution is -2.17. The van der Waals surface area contributed by atoms with Gasteiger partial charge >= 0.3 is 5.97 Å². The maximum atomic E-state index is 13.4. The third kappa shape index (κ3) is 3.71. The molecule has 0 aliphatic carbocycles. The van der Waals surface area contributed by atoms with Gasteiger partial charge in [-0.2, -0.15) is 10.2 Å². The number of aryl methyl sites for hydroxylation is 2. The van der Waals surface area contributed by atoms with Crippen LogP contribution in [0.4, 0.5) is 10.1 Å². The molecule has 140 valence electrons. The number of carbonyl (C=O) groups excluding carboxylic acids is 1. The topological polar surface area (TPSA) is 102 Å². The molecule has 0 radical (unpaired) electrons. The first-order valence-electron chi connectivity index (χ1n) is 8.13. The molecule has 2 aromatic heterocycles. The molecule has 0 aliphatic rings. The second-order valence-electron chi connectivity index (χ2n) is 6.16. The molecule has 0 atom stereocenters. The fourth-order valence-electron chi connectivity index (χ4n) is 2.83. The molecule has 2 N–H and O–H groups in total. The Hall–Kier alpha value is -3.49. The zero-order valence-corrected chi connectivity index (χ0v) is 15.0. The average molecular weight is 371 g/mol. The first-order valence-corrected chi connectivity index (χ1v) is 8.13. The van der Waals surface area contributed by atoms with Crippen molar-refractivity contribution < 1.29 is 19.1 Å². The van der Waals surface area contributed by atoms with Gasteiger partial charge in [0, 0.05) is 13.2 Å². The molecule has 1 amide bonds. The summed E-state index contributed by atoms with van der Waals surface area (Å²) in [5.74, 6) is -2.20. The van der Waals surface area contributed by atoms with Crippen molar-refractivity contribution in [3.05, 3.63) is 64.5 Å². The number of aromatic nitrogens is 4. The van der Waals surface area contributed by atoms with Crippen LogP contribution in [0.2, 0.25) is 0 Å². The maximum absolute atomic E-state index is 13.4. The summed E-state index contributed by atoms with van der Waals surface area (Å²) >= 11 is 0. The highest BCUT2D eigenvalue weighted by molar-refractivity contribution is 6.09. The summed E-state index contributed by atoms with van der Waals surface area (Å²) < 4.78 is 16.3. The van der Waals surface area contributed by atoms with Crippen LogP contribution in [-0.4, -0.2) is 36.5 Å². The van der Waals surface area contributed by atoms with Gasteiger partial charge < -0.3 is 10.4 Å². The lowest BCUT2D eigenvalue weighted by molar-refractivity contribution is 0.0692. The van der Waals surface area contributed by atoms with Crippen LogP contribution >= 0.6 is 0 Å². The summed E-state index contributed by atoms with van der Waals surface area (Å²) in [5.41, 5.74) is 2.07. The van der Waals surface area contributed by atoms with Crippen LogP contribution in [0.3, 0.4) is 0 Å². The van der Waals surface area contributed by atoms with Crippen LogP contribution in [0.5, 0.6) is 0 Å². The fourth-order valence-corrected chi connectivity index (χ4v) is 2.83. The van der Waals surface area contributed by atoms with E-state index in [-0.39, 0.29) is 17.1 Å². The number of rotatable bonds is 5. The van der Waals surface area contributed by atoms with Crippen molar-refractivity contribution in [1.29, 1.82) is 0 Å². The molecule has 0 spiro atoms. The summed E-state index contributed by atoms with van der Waals surface area (Å²) in [6.07, 6.45) is 1.27. The van der Waals surface area contributed by atoms with Crippen molar-refractivity contribution in [2.45, 2.75) is 20.4 Å². The van der Waals surface area contributed by atoms with E-state index < -0.39 is 11.9 Å². The molecule has 0 bridgehead atoms. The quantitative estimate of drug-likeness (QED) is 0.717. The van der Waals surface area contributed by atoms with Gasteiger partial charge in [-0.25, -0.2) is 9.18 Å². The van der Waals surface area contributed by atoms with Crippen molar-refractivity contribution in [2.24, 2.45) is 7.05 Å². The summed E-state index contributed by atoms with van der Waals surface area (Å²) in [4.78, 5) is 23.8. The Bertz CT molecular complexity index is 1040. The van der Waals surface area contributed by atoms with Crippen LogP contribution in [0.25, 0.3) is 0 Å². The van der Waals surface area contributed by atoms with Gasteiger partial charge in [-0.3, -0.25) is 14.2 Å². The Kier molecular flexibility index (Phi) is 4.76. The number of hydrogen-bond acceptors (Lipinski definition) is 4. The van der Waals surface area contributed by atoms with E-state index in [0.29, 0.717) is 23.6 Å². The second-order valence-corrected chi connectivity index (χ2v) is 6.16. The molecule has 3 rings (SSSR count). The third-order valence-electron chi connectivity index (χ3n) is 4.12. The van der Waals surface area contributed by atoms with Crippen LogP contribution in [0.15, 0.2) is 30.5 Å². The lowest BCUT2D eigenvalue weighted by atomic mass is 10.2. The number of anilines is 1. The molecule has 0 saturated carbocycles. The van der Waals surface area contributed by atoms with Gasteiger partial charge in [-0.05, 0) is 31.5 Å². The van der Waals surface area contributed by atoms with E-state index in [1.165, 1.54) is 30.1 Å². The Morgan fingerprint density at radius 1 is 1.26 bits per heavy atom. The van der Waals surface area contributed by atoms with Gasteiger partial charge in [0.15, 0.2) is 5.69 Å². The minimum atomic E-state index is -1.23. The zero-order valence-electron chi connectivity index (χ0n) is 15.0. The molecular weight excluding hydrogens is 353 g/mol. The zero-order chi connectivity index (χ0) is 19.7. The first kappa shape index (κ1) is 18.3. The maximum Gasteiger partial charge on any atom is 0.339 e. The number of nitrogens with zero attached hydrogens (tertiary/aromatic N) is 4. The van der Waals surface area contributed by atoms with Crippen molar-refractivity contribution in [1.82, 2.24) is 19.6 Å². The van der Waals surface area contributed by atoms with E-state index in [1.54, 1.807) is 30.7 Å². The van der Waals surface area contributed by atoms with Gasteiger partial charge in [0.2, 0.25) is 0 Å². The van der Waals surface area contributed by atoms with Gasteiger partial charge in [-0.1, -0.05) is 12.1 Å². The van der Waals surface area contributed by atoms with Crippen LogP contribution < -0.4 is 5.32 Å². The normalized spacial score (nSPS) is 10.8. The van der Waals surface area contributed by atoms with Crippen molar-refractivity contribution >= 4 is 17.6 Å². The number of aromatic carboxylic acids is 1. The largest absolute Gasteiger partial charge is 0.478 e. The number of carboxylic acids is 1. The Morgan fingerprint density at radius 3 is 2.67 bits per heavy atom. The molecule has 9 heteroatoms. The highest BCUT2D eigenvalue weighted by Crippen LogP contribution is 2.22. The number of carboxylic acid groups (broad SMARTS) is 1. The van der Waals surface area contributed by atoms with Crippen LogP contribution in [-0.2, 0) is 13.6 Å². The molecule has 3 aromatic rings. The standard InChI is InChI=1S/C18H18FN5O3/c1-10-15(20-17(25)16-14(18(26)27)9-23(3)22-16)11(2)24(21-10)8-12-5-4-6-13(19)7-12/h4-7,9H,8H2,1-3H3,(H,20,25)(H,26,27). The molecule has 2 heterocycles. The molecule has 0 aliphatic heterocycles. The molecule has 1 aromatic carbocycles. The number of benzene rings is 1. The van der Waals surface area contributed by atoms with E-state index in [9.17, 15) is 19.1 Å². The summed E-state index contributed by atoms with van der Waals surface area (Å²) in [5, 5.41) is 20.2. The predicted molar refractivity (Wildman–Crippen MR) is 95.3 cm³/mol. The summed E-state index contributed by atoms with van der Waals surface area (Å²) in [6.45, 7) is 3.83. The van der Waals surface area contributed by atoms with Crippen LogP contribution in [0, 0.1) is 19.7 Å². The van der Waals surface area contributed by atoms with E-state index >= 15 is 0 Å². The Balaban J connectivity index is 1.87. The highest BCUT2D eigenvalue weighted by Gasteiger charge is 2.23. The highest BCUT2D eigenvalue weighted by atomic mass is 19.1. The van der Waals surface area contributed by atoms with Gasteiger partial charge in [0.1, 0.15) is 11.4 Å². The number of carbonyl (C=O) groups is 2. The fraction of sp³-hybridized carbons (Fsp3) is 0.222. The van der Waals surface area contributed by atoms with Crippen molar-refractivity contribution in [2.75, 3.05) is 5.32 Å². The van der Waals surface area contributed by atoms with E-state index in [0.717, 1.165) is 5.56 Å². The molecule has 0 saturated heterocycles. The first-order chi connectivity index (χ1) is 12.8. The average Bonchev–Trinajstić information content (AvgIpc) is 3.11.